The summed E-state index contributed by atoms with van der Waals surface area (Å²) in [5.41, 5.74) is 5.08. The van der Waals surface area contributed by atoms with Crippen molar-refractivity contribution >= 4 is 30.2 Å². The van der Waals surface area contributed by atoms with Crippen LogP contribution in [0, 0.1) is 6.92 Å². The monoisotopic (exact) mass is 270 g/mol. The first-order valence-corrected chi connectivity index (χ1v) is 6.86. The predicted molar refractivity (Wildman–Crippen MR) is 84.4 cm³/mol. The van der Waals surface area contributed by atoms with Gasteiger partial charge in [0.15, 0.2) is 0 Å². The Labute approximate surface area is 119 Å². The van der Waals surface area contributed by atoms with Gasteiger partial charge in [-0.2, -0.15) is 0 Å². The molecule has 0 saturated carbocycles. The van der Waals surface area contributed by atoms with Crippen molar-refractivity contribution in [3.63, 3.8) is 0 Å². The van der Waals surface area contributed by atoms with E-state index in [0.717, 1.165) is 9.81 Å². The molecular weight excluding hydrogens is 256 g/mol. The second-order valence-corrected chi connectivity index (χ2v) is 5.60. The molecule has 2 aromatic rings. The molecule has 0 fully saturated rings. The van der Waals surface area contributed by atoms with Crippen LogP contribution in [0.25, 0.3) is 4.91 Å². The molecule has 1 unspecified atom stereocenters. The molecule has 0 nitrogen and oxygen atoms in total. The fourth-order valence-electron chi connectivity index (χ4n) is 2.54. The lowest BCUT2D eigenvalue weighted by Gasteiger charge is -2.14. The fraction of sp³-hybridized carbons (Fsp3) is 0.125. The summed E-state index contributed by atoms with van der Waals surface area (Å²) in [6, 6.07) is 17.0. The van der Waals surface area contributed by atoms with Gasteiger partial charge in [-0.3, -0.25) is 0 Å². The molecule has 1 aliphatic rings. The van der Waals surface area contributed by atoms with Gasteiger partial charge in [0.1, 0.15) is 0 Å². The molecule has 18 heavy (non-hydrogen) atoms. The van der Waals surface area contributed by atoms with E-state index in [2.05, 4.69) is 74.6 Å². The number of benzene rings is 2. The summed E-state index contributed by atoms with van der Waals surface area (Å²) >= 11 is 9.29. The standard InChI is InChI=1S/C16H14S2/c1-10-7-8-12-13(9-10)14(16(18)15(12)17)11-5-3-2-4-6-11/h2-9,14,17-18H,1H3. The van der Waals surface area contributed by atoms with Crippen LogP contribution in [-0.2, 0) is 0 Å². The van der Waals surface area contributed by atoms with Crippen molar-refractivity contribution < 1.29 is 0 Å². The van der Waals surface area contributed by atoms with Crippen molar-refractivity contribution in [1.82, 2.24) is 0 Å². The highest BCUT2D eigenvalue weighted by molar-refractivity contribution is 7.93. The van der Waals surface area contributed by atoms with Gasteiger partial charge >= 0.3 is 0 Å². The van der Waals surface area contributed by atoms with Gasteiger partial charge in [-0.15, -0.1) is 25.3 Å². The molecule has 0 bridgehead atoms. The van der Waals surface area contributed by atoms with Crippen LogP contribution in [0.3, 0.4) is 0 Å². The van der Waals surface area contributed by atoms with Crippen molar-refractivity contribution in [3.8, 4) is 0 Å². The van der Waals surface area contributed by atoms with Crippen molar-refractivity contribution in [3.05, 3.63) is 75.7 Å². The Bertz CT molecular complexity index is 627. The molecule has 90 valence electrons. The Kier molecular flexibility index (Phi) is 3.00. The summed E-state index contributed by atoms with van der Waals surface area (Å²) in [5.74, 6) is 0.233. The number of fused-ring (bicyclic) bond motifs is 1. The van der Waals surface area contributed by atoms with E-state index in [1.807, 2.05) is 6.07 Å². The molecule has 3 rings (SSSR count). The molecule has 2 heteroatoms. The third kappa shape index (κ3) is 1.80. The molecule has 0 aromatic heterocycles. The highest BCUT2D eigenvalue weighted by Gasteiger charge is 2.29. The summed E-state index contributed by atoms with van der Waals surface area (Å²) in [5, 5.41) is 0. The lowest BCUT2D eigenvalue weighted by molar-refractivity contribution is 1.03. The van der Waals surface area contributed by atoms with E-state index in [4.69, 9.17) is 0 Å². The summed E-state index contributed by atoms with van der Waals surface area (Å²) < 4.78 is 0. The molecule has 1 aliphatic carbocycles. The van der Waals surface area contributed by atoms with Crippen LogP contribution in [-0.4, -0.2) is 0 Å². The van der Waals surface area contributed by atoms with Crippen molar-refractivity contribution in [2.75, 3.05) is 0 Å². The maximum absolute atomic E-state index is 4.68. The van der Waals surface area contributed by atoms with Gasteiger partial charge in [0.2, 0.25) is 0 Å². The van der Waals surface area contributed by atoms with E-state index in [9.17, 15) is 0 Å². The van der Waals surface area contributed by atoms with Gasteiger partial charge in [0, 0.05) is 15.7 Å². The zero-order valence-electron chi connectivity index (χ0n) is 10.1. The number of aryl methyl sites for hydroxylation is 1. The van der Waals surface area contributed by atoms with Crippen LogP contribution in [0.15, 0.2) is 53.4 Å². The molecule has 0 heterocycles. The van der Waals surface area contributed by atoms with E-state index >= 15 is 0 Å². The Morgan fingerprint density at radius 1 is 0.944 bits per heavy atom. The average molecular weight is 270 g/mol. The molecule has 2 aromatic carbocycles. The Hall–Kier alpha value is -1.12. The van der Waals surface area contributed by atoms with Crippen LogP contribution in [0.2, 0.25) is 0 Å². The van der Waals surface area contributed by atoms with E-state index in [0.29, 0.717) is 0 Å². The van der Waals surface area contributed by atoms with Crippen molar-refractivity contribution in [2.24, 2.45) is 0 Å². The second-order valence-electron chi connectivity index (χ2n) is 4.67. The Morgan fingerprint density at radius 2 is 1.67 bits per heavy atom. The summed E-state index contributed by atoms with van der Waals surface area (Å²) in [7, 11) is 0. The van der Waals surface area contributed by atoms with E-state index in [1.54, 1.807) is 0 Å². The number of thiol groups is 2. The zero-order chi connectivity index (χ0) is 12.7. The lowest BCUT2D eigenvalue weighted by Crippen LogP contribution is -1.98. The van der Waals surface area contributed by atoms with Crippen LogP contribution in [0.5, 0.6) is 0 Å². The van der Waals surface area contributed by atoms with Crippen LogP contribution < -0.4 is 0 Å². The number of allylic oxidation sites excluding steroid dienone is 1. The zero-order valence-corrected chi connectivity index (χ0v) is 11.9. The summed E-state index contributed by atoms with van der Waals surface area (Å²) in [4.78, 5) is 2.05. The highest BCUT2D eigenvalue weighted by atomic mass is 32.1. The van der Waals surface area contributed by atoms with Crippen molar-refractivity contribution in [2.45, 2.75) is 12.8 Å². The van der Waals surface area contributed by atoms with Crippen LogP contribution >= 0.6 is 25.3 Å². The van der Waals surface area contributed by atoms with Crippen molar-refractivity contribution in [1.29, 1.82) is 0 Å². The normalized spacial score (nSPS) is 18.1. The van der Waals surface area contributed by atoms with Crippen LogP contribution in [0.1, 0.15) is 28.2 Å². The molecule has 0 radical (unpaired) electrons. The average Bonchev–Trinajstić information content (AvgIpc) is 2.63. The minimum absolute atomic E-state index is 0.233. The minimum atomic E-state index is 0.233. The molecule has 1 atom stereocenters. The molecule has 0 N–H and O–H groups in total. The number of hydrogen-bond donors (Lipinski definition) is 2. The van der Waals surface area contributed by atoms with E-state index in [1.165, 1.54) is 22.3 Å². The van der Waals surface area contributed by atoms with Gasteiger partial charge in [0.05, 0.1) is 0 Å². The minimum Gasteiger partial charge on any atom is -0.146 e. The van der Waals surface area contributed by atoms with Gasteiger partial charge in [0.25, 0.3) is 0 Å². The maximum atomic E-state index is 4.68. The maximum Gasteiger partial charge on any atom is 0.0414 e. The Balaban J connectivity index is 2.21. The van der Waals surface area contributed by atoms with E-state index < -0.39 is 0 Å². The van der Waals surface area contributed by atoms with Gasteiger partial charge < -0.3 is 0 Å². The smallest absolute Gasteiger partial charge is 0.0414 e. The SMILES string of the molecule is Cc1ccc2c(c1)C(c1ccccc1)C(S)=C2S. The first-order valence-electron chi connectivity index (χ1n) is 5.96. The topological polar surface area (TPSA) is 0 Å². The largest absolute Gasteiger partial charge is 0.146 e. The first-order chi connectivity index (χ1) is 8.68. The summed E-state index contributed by atoms with van der Waals surface area (Å²) in [6.45, 7) is 2.12. The second kappa shape index (κ2) is 4.52. The predicted octanol–water partition coefficient (Wildman–Crippen LogP) is 4.67. The van der Waals surface area contributed by atoms with Gasteiger partial charge in [-0.25, -0.2) is 0 Å². The molecular formula is C16H14S2. The molecule has 0 spiro atoms. The summed E-state index contributed by atoms with van der Waals surface area (Å²) in [6.07, 6.45) is 0. The van der Waals surface area contributed by atoms with Gasteiger partial charge in [-0.1, -0.05) is 54.1 Å². The molecule has 0 aliphatic heterocycles. The third-order valence-corrected chi connectivity index (χ3v) is 4.56. The van der Waals surface area contributed by atoms with Gasteiger partial charge in [-0.05, 0) is 23.6 Å². The number of rotatable bonds is 1. The molecule has 0 amide bonds. The lowest BCUT2D eigenvalue weighted by atomic mass is 9.92. The van der Waals surface area contributed by atoms with E-state index in [-0.39, 0.29) is 5.92 Å². The molecule has 0 saturated heterocycles. The van der Waals surface area contributed by atoms with Crippen LogP contribution in [0.4, 0.5) is 0 Å². The number of hydrogen-bond acceptors (Lipinski definition) is 2. The Morgan fingerprint density at radius 3 is 2.39 bits per heavy atom. The highest BCUT2D eigenvalue weighted by Crippen LogP contribution is 2.48. The quantitative estimate of drug-likeness (QED) is 0.691. The fourth-order valence-corrected chi connectivity index (χ4v) is 3.28. The third-order valence-electron chi connectivity index (χ3n) is 3.42. The first kappa shape index (κ1) is 11.9.